The highest BCUT2D eigenvalue weighted by Gasteiger charge is 2.10. The molecule has 21 heavy (non-hydrogen) atoms. The Bertz CT molecular complexity index is 624. The Morgan fingerprint density at radius 1 is 1.14 bits per heavy atom. The number of ether oxygens (including phenoxy) is 1. The molecule has 0 heterocycles. The molecular weight excluding hydrogens is 264 g/mol. The van der Waals surface area contributed by atoms with Crippen molar-refractivity contribution >= 4 is 12.1 Å². The number of rotatable bonds is 5. The zero-order chi connectivity index (χ0) is 15.1. The molecule has 0 aromatic heterocycles. The van der Waals surface area contributed by atoms with E-state index in [2.05, 4.69) is 10.5 Å². The number of benzene rings is 2. The van der Waals surface area contributed by atoms with Gasteiger partial charge in [-0.2, -0.15) is 5.10 Å². The lowest BCUT2D eigenvalue weighted by Gasteiger charge is -2.07. The molecule has 2 rings (SSSR count). The van der Waals surface area contributed by atoms with E-state index in [-0.39, 0.29) is 11.8 Å². The van der Waals surface area contributed by atoms with Crippen molar-refractivity contribution in [3.8, 4) is 5.75 Å². The quantitative estimate of drug-likeness (QED) is 0.676. The summed E-state index contributed by atoms with van der Waals surface area (Å²) in [5.74, 6) is 0.370. The minimum atomic E-state index is -0.288. The Morgan fingerprint density at radius 2 is 1.81 bits per heavy atom. The molecule has 0 saturated heterocycles. The van der Waals surface area contributed by atoms with Crippen LogP contribution >= 0.6 is 0 Å². The second-order valence-corrected chi connectivity index (χ2v) is 4.62. The van der Waals surface area contributed by atoms with Gasteiger partial charge in [-0.25, -0.2) is 5.43 Å². The van der Waals surface area contributed by atoms with Gasteiger partial charge < -0.3 is 4.74 Å². The predicted octanol–water partition coefficient (Wildman–Crippen LogP) is 3.21. The summed E-state index contributed by atoms with van der Waals surface area (Å²) in [7, 11) is 1.53. The third-order valence-corrected chi connectivity index (χ3v) is 3.14. The van der Waals surface area contributed by atoms with Crippen LogP contribution < -0.4 is 10.2 Å². The van der Waals surface area contributed by atoms with Crippen molar-refractivity contribution in [3.05, 3.63) is 65.7 Å². The standard InChI is InChI=1S/C17H18N2O2/c1-13(14-8-4-3-5-9-14)12-18-19-17(20)15-10-6-7-11-16(15)21-2/h3-13H,1-2H3,(H,19,20)/b18-12+. The van der Waals surface area contributed by atoms with E-state index in [9.17, 15) is 4.79 Å². The van der Waals surface area contributed by atoms with Gasteiger partial charge in [-0.15, -0.1) is 0 Å². The molecule has 1 amide bonds. The first-order chi connectivity index (χ1) is 10.2. The molecule has 1 atom stereocenters. The molecule has 0 aliphatic carbocycles. The van der Waals surface area contributed by atoms with Gasteiger partial charge in [-0.1, -0.05) is 49.4 Å². The highest BCUT2D eigenvalue weighted by atomic mass is 16.5. The first-order valence-electron chi connectivity index (χ1n) is 6.74. The Balaban J connectivity index is 1.99. The minimum Gasteiger partial charge on any atom is -0.496 e. The van der Waals surface area contributed by atoms with Gasteiger partial charge in [0.15, 0.2) is 0 Å². The molecule has 4 nitrogen and oxygen atoms in total. The minimum absolute atomic E-state index is 0.129. The molecule has 4 heteroatoms. The molecule has 0 aliphatic heterocycles. The summed E-state index contributed by atoms with van der Waals surface area (Å²) in [5.41, 5.74) is 4.13. The Kier molecular flexibility index (Phi) is 5.10. The van der Waals surface area contributed by atoms with E-state index in [1.807, 2.05) is 43.3 Å². The van der Waals surface area contributed by atoms with Gasteiger partial charge in [0.25, 0.3) is 5.91 Å². The van der Waals surface area contributed by atoms with Gasteiger partial charge in [0.1, 0.15) is 5.75 Å². The van der Waals surface area contributed by atoms with Crippen LogP contribution in [-0.4, -0.2) is 19.2 Å². The number of hydrazone groups is 1. The molecule has 2 aromatic rings. The smallest absolute Gasteiger partial charge is 0.275 e. The van der Waals surface area contributed by atoms with E-state index in [0.29, 0.717) is 11.3 Å². The maximum absolute atomic E-state index is 12.0. The number of nitrogens with zero attached hydrogens (tertiary/aromatic N) is 1. The lowest BCUT2D eigenvalue weighted by atomic mass is 10.0. The molecule has 0 spiro atoms. The fraction of sp³-hybridized carbons (Fsp3) is 0.176. The number of carbonyl (C=O) groups excluding carboxylic acids is 1. The SMILES string of the molecule is COc1ccccc1C(=O)N/N=C/C(C)c1ccccc1. The van der Waals surface area contributed by atoms with Crippen LogP contribution in [0.4, 0.5) is 0 Å². The molecule has 0 aliphatic rings. The van der Waals surface area contributed by atoms with Crippen LogP contribution in [0.5, 0.6) is 5.75 Å². The van der Waals surface area contributed by atoms with Gasteiger partial charge in [0.2, 0.25) is 0 Å². The average Bonchev–Trinajstić information content (AvgIpc) is 2.55. The number of nitrogens with one attached hydrogen (secondary N) is 1. The van der Waals surface area contributed by atoms with Crippen molar-refractivity contribution in [1.82, 2.24) is 5.43 Å². The maximum atomic E-state index is 12.0. The first-order valence-corrected chi connectivity index (χ1v) is 6.74. The Morgan fingerprint density at radius 3 is 2.52 bits per heavy atom. The van der Waals surface area contributed by atoms with Gasteiger partial charge in [-0.3, -0.25) is 4.79 Å². The van der Waals surface area contributed by atoms with E-state index in [4.69, 9.17) is 4.74 Å². The van der Waals surface area contributed by atoms with Crippen molar-refractivity contribution in [2.75, 3.05) is 7.11 Å². The van der Waals surface area contributed by atoms with Gasteiger partial charge in [0, 0.05) is 12.1 Å². The average molecular weight is 282 g/mol. The third-order valence-electron chi connectivity index (χ3n) is 3.14. The summed E-state index contributed by atoms with van der Waals surface area (Å²) in [6, 6.07) is 17.0. The van der Waals surface area contributed by atoms with E-state index < -0.39 is 0 Å². The Labute approximate surface area is 124 Å². The molecule has 0 saturated carbocycles. The molecular formula is C17H18N2O2. The monoisotopic (exact) mass is 282 g/mol. The topological polar surface area (TPSA) is 50.7 Å². The van der Waals surface area contributed by atoms with Crippen molar-refractivity contribution in [2.45, 2.75) is 12.8 Å². The second kappa shape index (κ2) is 7.24. The maximum Gasteiger partial charge on any atom is 0.275 e. The summed E-state index contributed by atoms with van der Waals surface area (Å²) in [5, 5.41) is 4.02. The van der Waals surface area contributed by atoms with Gasteiger partial charge >= 0.3 is 0 Å². The van der Waals surface area contributed by atoms with Crippen LogP contribution in [0.15, 0.2) is 59.7 Å². The largest absolute Gasteiger partial charge is 0.496 e. The van der Waals surface area contributed by atoms with E-state index >= 15 is 0 Å². The summed E-state index contributed by atoms with van der Waals surface area (Å²) in [6.07, 6.45) is 1.71. The number of hydrogen-bond donors (Lipinski definition) is 1. The fourth-order valence-corrected chi connectivity index (χ4v) is 1.94. The molecule has 0 fully saturated rings. The molecule has 0 radical (unpaired) electrons. The highest BCUT2D eigenvalue weighted by Crippen LogP contribution is 2.17. The van der Waals surface area contributed by atoms with Crippen molar-refractivity contribution in [1.29, 1.82) is 0 Å². The zero-order valence-corrected chi connectivity index (χ0v) is 12.1. The van der Waals surface area contributed by atoms with Crippen LogP contribution in [0.3, 0.4) is 0 Å². The first kappa shape index (κ1) is 14.8. The van der Waals surface area contributed by atoms with E-state index in [1.54, 1.807) is 24.4 Å². The summed E-state index contributed by atoms with van der Waals surface area (Å²) >= 11 is 0. The Hall–Kier alpha value is -2.62. The number of hydrogen-bond acceptors (Lipinski definition) is 3. The van der Waals surface area contributed by atoms with E-state index in [1.165, 1.54) is 7.11 Å². The summed E-state index contributed by atoms with van der Waals surface area (Å²) < 4.78 is 5.15. The zero-order valence-electron chi connectivity index (χ0n) is 12.1. The molecule has 2 aromatic carbocycles. The number of para-hydroxylation sites is 1. The lowest BCUT2D eigenvalue weighted by molar-refractivity contribution is 0.0952. The lowest BCUT2D eigenvalue weighted by Crippen LogP contribution is -2.18. The van der Waals surface area contributed by atoms with Gasteiger partial charge in [0.05, 0.1) is 12.7 Å². The predicted molar refractivity (Wildman–Crippen MR) is 83.8 cm³/mol. The van der Waals surface area contributed by atoms with Crippen LogP contribution in [0.1, 0.15) is 28.8 Å². The third kappa shape index (κ3) is 3.92. The van der Waals surface area contributed by atoms with E-state index in [0.717, 1.165) is 5.56 Å². The van der Waals surface area contributed by atoms with Crippen molar-refractivity contribution in [2.24, 2.45) is 5.10 Å². The van der Waals surface area contributed by atoms with Crippen LogP contribution in [0.25, 0.3) is 0 Å². The number of methoxy groups -OCH3 is 1. The van der Waals surface area contributed by atoms with Crippen LogP contribution in [0, 0.1) is 0 Å². The molecule has 1 unspecified atom stereocenters. The molecule has 1 N–H and O–H groups in total. The fourth-order valence-electron chi connectivity index (χ4n) is 1.94. The number of amides is 1. The number of carbonyl (C=O) groups is 1. The molecule has 0 bridgehead atoms. The summed E-state index contributed by atoms with van der Waals surface area (Å²) in [6.45, 7) is 2.02. The van der Waals surface area contributed by atoms with Crippen molar-refractivity contribution in [3.63, 3.8) is 0 Å². The van der Waals surface area contributed by atoms with Crippen LogP contribution in [0.2, 0.25) is 0 Å². The van der Waals surface area contributed by atoms with Crippen LogP contribution in [-0.2, 0) is 0 Å². The summed E-state index contributed by atoms with van der Waals surface area (Å²) in [4.78, 5) is 12.0. The molecule has 108 valence electrons. The highest BCUT2D eigenvalue weighted by molar-refractivity contribution is 5.97. The second-order valence-electron chi connectivity index (χ2n) is 4.62. The van der Waals surface area contributed by atoms with Gasteiger partial charge in [-0.05, 0) is 17.7 Å². The van der Waals surface area contributed by atoms with Crippen molar-refractivity contribution < 1.29 is 9.53 Å². The normalized spacial score (nSPS) is 12.1.